The summed E-state index contributed by atoms with van der Waals surface area (Å²) < 4.78 is 7.66. The summed E-state index contributed by atoms with van der Waals surface area (Å²) >= 11 is 0. The van der Waals surface area contributed by atoms with Gasteiger partial charge in [-0.25, -0.2) is 4.98 Å². The van der Waals surface area contributed by atoms with Crippen molar-refractivity contribution >= 4 is 16.7 Å². The number of anilines is 1. The zero-order valence-corrected chi connectivity index (χ0v) is 14.9. The Balaban J connectivity index is 1.74. The molecular formula is C22H19N3O2. The third kappa shape index (κ3) is 2.43. The summed E-state index contributed by atoms with van der Waals surface area (Å²) in [5.41, 5.74) is 4.78. The maximum Gasteiger partial charge on any atom is 0.145 e. The van der Waals surface area contributed by atoms with E-state index < -0.39 is 0 Å². The van der Waals surface area contributed by atoms with Gasteiger partial charge in [0.15, 0.2) is 0 Å². The van der Waals surface area contributed by atoms with Crippen molar-refractivity contribution in [2.75, 3.05) is 11.9 Å². The van der Waals surface area contributed by atoms with E-state index in [1.807, 2.05) is 55.5 Å². The highest BCUT2D eigenvalue weighted by molar-refractivity contribution is 5.86. The Bertz CT molecular complexity index is 1150. The summed E-state index contributed by atoms with van der Waals surface area (Å²) in [5.74, 6) is 1.75. The number of aromatic nitrogens is 2. The van der Waals surface area contributed by atoms with E-state index in [1.165, 1.54) is 0 Å². The number of nitrogens with zero attached hydrogens (tertiary/aromatic N) is 2. The smallest absolute Gasteiger partial charge is 0.145 e. The van der Waals surface area contributed by atoms with Gasteiger partial charge in [-0.2, -0.15) is 0 Å². The molecule has 0 saturated carbocycles. The first kappa shape index (κ1) is 15.8. The second-order valence-corrected chi connectivity index (χ2v) is 6.54. The van der Waals surface area contributed by atoms with E-state index >= 15 is 0 Å². The van der Waals surface area contributed by atoms with Gasteiger partial charge < -0.3 is 15.2 Å². The van der Waals surface area contributed by atoms with Gasteiger partial charge in [0.05, 0.1) is 17.6 Å². The highest BCUT2D eigenvalue weighted by Gasteiger charge is 2.29. The fraction of sp³-hybridized carbons (Fsp3) is 0.136. The zero-order chi connectivity index (χ0) is 18.4. The minimum atomic E-state index is -0.266. The molecule has 2 heterocycles. The third-order valence-corrected chi connectivity index (χ3v) is 4.92. The molecule has 0 aliphatic carbocycles. The maximum atomic E-state index is 10.7. The van der Waals surface area contributed by atoms with Crippen LogP contribution in [0.3, 0.4) is 0 Å². The quantitative estimate of drug-likeness (QED) is 0.554. The van der Waals surface area contributed by atoms with Gasteiger partial charge in [-0.1, -0.05) is 24.3 Å². The van der Waals surface area contributed by atoms with Crippen molar-refractivity contribution in [3.8, 4) is 22.9 Å². The molecule has 134 valence electrons. The number of hydrogen-bond donors (Lipinski definition) is 2. The second-order valence-electron chi connectivity index (χ2n) is 6.54. The third-order valence-electron chi connectivity index (χ3n) is 4.92. The number of aromatic hydroxyl groups is 1. The highest BCUT2D eigenvalue weighted by atomic mass is 16.5. The van der Waals surface area contributed by atoms with Gasteiger partial charge >= 0.3 is 0 Å². The molecule has 1 atom stereocenters. The molecule has 2 N–H and O–H groups in total. The van der Waals surface area contributed by atoms with Gasteiger partial charge in [0.25, 0.3) is 0 Å². The first-order valence-corrected chi connectivity index (χ1v) is 9.05. The number of phenolic OH excluding ortho intramolecular Hbond substituents is 1. The first-order valence-electron chi connectivity index (χ1n) is 9.05. The summed E-state index contributed by atoms with van der Waals surface area (Å²) in [6.45, 7) is 2.48. The number of rotatable bonds is 3. The van der Waals surface area contributed by atoms with E-state index in [-0.39, 0.29) is 11.9 Å². The Morgan fingerprint density at radius 1 is 1.07 bits per heavy atom. The fourth-order valence-electron chi connectivity index (χ4n) is 3.74. The molecule has 5 rings (SSSR count). The van der Waals surface area contributed by atoms with Gasteiger partial charge in [-0.3, -0.25) is 4.57 Å². The summed E-state index contributed by atoms with van der Waals surface area (Å²) in [6.07, 6.45) is -0.266. The average molecular weight is 357 g/mol. The second kappa shape index (κ2) is 6.06. The normalized spacial score (nSPS) is 15.1. The lowest BCUT2D eigenvalue weighted by molar-refractivity contribution is 0.337. The predicted molar refractivity (Wildman–Crippen MR) is 106 cm³/mol. The highest BCUT2D eigenvalue weighted by Crippen LogP contribution is 2.42. The van der Waals surface area contributed by atoms with Crippen LogP contribution in [0, 0.1) is 0 Å². The summed E-state index contributed by atoms with van der Waals surface area (Å²) in [7, 11) is 0. The molecule has 27 heavy (non-hydrogen) atoms. The number of ether oxygens (including phenoxy) is 1. The van der Waals surface area contributed by atoms with Crippen LogP contribution < -0.4 is 10.1 Å². The predicted octanol–water partition coefficient (Wildman–Crippen LogP) is 4.78. The Morgan fingerprint density at radius 2 is 1.89 bits per heavy atom. The number of imidazole rings is 1. The Hall–Kier alpha value is -3.47. The maximum absolute atomic E-state index is 10.7. The van der Waals surface area contributed by atoms with E-state index in [0.717, 1.165) is 33.7 Å². The lowest BCUT2D eigenvalue weighted by Gasteiger charge is -2.30. The molecule has 4 aromatic rings. The minimum absolute atomic E-state index is 0.196. The molecule has 1 unspecified atom stereocenters. The molecule has 1 aromatic heterocycles. The SMILES string of the molecule is CCOc1ccc(C2Nc3ccccc3-c3nc4ccccc4n32)c(O)c1. The number of hydrogen-bond acceptors (Lipinski definition) is 4. The van der Waals surface area contributed by atoms with Crippen LogP contribution in [-0.4, -0.2) is 21.3 Å². The van der Waals surface area contributed by atoms with Gasteiger partial charge in [0.2, 0.25) is 0 Å². The lowest BCUT2D eigenvalue weighted by atomic mass is 10.0. The molecule has 3 aromatic carbocycles. The van der Waals surface area contributed by atoms with Crippen molar-refractivity contribution in [1.82, 2.24) is 9.55 Å². The van der Waals surface area contributed by atoms with Crippen LogP contribution >= 0.6 is 0 Å². The Labute approximate surface area is 156 Å². The van der Waals surface area contributed by atoms with Gasteiger partial charge in [0.1, 0.15) is 23.5 Å². The molecule has 1 aliphatic rings. The number of benzene rings is 3. The van der Waals surface area contributed by atoms with Crippen molar-refractivity contribution in [3.05, 3.63) is 72.3 Å². The standard InChI is InChI=1S/C22H19N3O2/c1-2-27-14-11-12-16(20(26)13-14)22-23-17-8-4-3-7-15(17)21-24-18-9-5-6-10-19(18)25(21)22/h3-13,22-23,26H,2H2,1H3. The van der Waals surface area contributed by atoms with Gasteiger partial charge in [-0.15, -0.1) is 0 Å². The molecular weight excluding hydrogens is 338 g/mol. The van der Waals surface area contributed by atoms with E-state index in [0.29, 0.717) is 12.4 Å². The van der Waals surface area contributed by atoms with Crippen LogP contribution in [0.15, 0.2) is 66.7 Å². The van der Waals surface area contributed by atoms with Gasteiger partial charge in [-0.05, 0) is 43.3 Å². The molecule has 0 fully saturated rings. The van der Waals surface area contributed by atoms with Crippen molar-refractivity contribution < 1.29 is 9.84 Å². The summed E-state index contributed by atoms with van der Waals surface area (Å²) in [5, 5.41) is 14.3. The Kier molecular flexibility index (Phi) is 3.53. The lowest BCUT2D eigenvalue weighted by Crippen LogP contribution is -2.24. The summed E-state index contributed by atoms with van der Waals surface area (Å²) in [4.78, 5) is 4.86. The molecule has 1 aliphatic heterocycles. The van der Waals surface area contributed by atoms with Crippen LogP contribution in [0.4, 0.5) is 5.69 Å². The van der Waals surface area contributed by atoms with Gasteiger partial charge in [0, 0.05) is 22.9 Å². The van der Waals surface area contributed by atoms with Crippen molar-refractivity contribution in [3.63, 3.8) is 0 Å². The molecule has 5 nitrogen and oxygen atoms in total. The number of nitrogens with one attached hydrogen (secondary N) is 1. The van der Waals surface area contributed by atoms with Crippen molar-refractivity contribution in [1.29, 1.82) is 0 Å². The average Bonchev–Trinajstić information content (AvgIpc) is 3.08. The number of para-hydroxylation sites is 3. The van der Waals surface area contributed by atoms with Crippen LogP contribution in [0.5, 0.6) is 11.5 Å². The molecule has 0 radical (unpaired) electrons. The minimum Gasteiger partial charge on any atom is -0.507 e. The fourth-order valence-corrected chi connectivity index (χ4v) is 3.74. The van der Waals surface area contributed by atoms with Crippen LogP contribution in [0.2, 0.25) is 0 Å². The van der Waals surface area contributed by atoms with E-state index in [2.05, 4.69) is 22.0 Å². The van der Waals surface area contributed by atoms with Crippen LogP contribution in [-0.2, 0) is 0 Å². The van der Waals surface area contributed by atoms with Crippen molar-refractivity contribution in [2.45, 2.75) is 13.1 Å². The first-order chi connectivity index (χ1) is 13.3. The largest absolute Gasteiger partial charge is 0.507 e. The zero-order valence-electron chi connectivity index (χ0n) is 14.9. The van der Waals surface area contributed by atoms with Crippen molar-refractivity contribution in [2.24, 2.45) is 0 Å². The number of phenols is 1. The van der Waals surface area contributed by atoms with E-state index in [9.17, 15) is 5.11 Å². The van der Waals surface area contributed by atoms with Crippen LogP contribution in [0.1, 0.15) is 18.7 Å². The topological polar surface area (TPSA) is 59.3 Å². The number of fused-ring (bicyclic) bond motifs is 5. The van der Waals surface area contributed by atoms with E-state index in [1.54, 1.807) is 6.07 Å². The molecule has 0 bridgehead atoms. The molecule has 0 amide bonds. The van der Waals surface area contributed by atoms with E-state index in [4.69, 9.17) is 9.72 Å². The molecule has 0 saturated heterocycles. The van der Waals surface area contributed by atoms with Crippen LogP contribution in [0.25, 0.3) is 22.4 Å². The molecule has 5 heteroatoms. The Morgan fingerprint density at radius 3 is 2.74 bits per heavy atom. The monoisotopic (exact) mass is 357 g/mol. The summed E-state index contributed by atoms with van der Waals surface area (Å²) in [6, 6.07) is 21.6. The molecule has 0 spiro atoms.